The monoisotopic (exact) mass is 654 g/mol. The number of quaternary nitrogens is 2. The third-order valence-electron chi connectivity index (χ3n) is 11.7. The molecule has 8 rings (SSSR count). The smallest absolute Gasteiger partial charge is 0.352 e. The number of amides is 2. The molecule has 0 aliphatic carbocycles. The third kappa shape index (κ3) is 4.46. The van der Waals surface area contributed by atoms with Gasteiger partial charge in [0.2, 0.25) is 5.91 Å². The van der Waals surface area contributed by atoms with Gasteiger partial charge in [0.1, 0.15) is 45.0 Å². The molecular weight excluding hydrogens is 612 g/mol. The second-order valence-corrected chi connectivity index (χ2v) is 15.8. The molecule has 4 saturated heterocycles. The largest absolute Gasteiger partial charge is 0.477 e. The van der Waals surface area contributed by atoms with Crippen molar-refractivity contribution in [3.63, 3.8) is 0 Å². The Balaban J connectivity index is 1.17. The molecule has 0 saturated carbocycles. The molecule has 2 bridgehead atoms. The highest BCUT2D eigenvalue weighted by atomic mass is 32.2. The van der Waals surface area contributed by atoms with Gasteiger partial charge in [-0.1, -0.05) is 25.1 Å². The third-order valence-corrected chi connectivity index (χ3v) is 13.5. The lowest BCUT2D eigenvalue weighted by Crippen LogP contribution is -2.75. The molecule has 4 fully saturated rings. The molecule has 2 aromatic rings. The lowest BCUT2D eigenvalue weighted by molar-refractivity contribution is -1.08. The van der Waals surface area contributed by atoms with Crippen LogP contribution in [-0.4, -0.2) is 137 Å². The molecular formula is C33H42N4O8S+2. The number of sulfonamides is 1. The van der Waals surface area contributed by atoms with Gasteiger partial charge in [0.25, 0.3) is 15.9 Å². The molecule has 2 aromatic carbocycles. The number of carbonyl (C=O) groups is 3. The van der Waals surface area contributed by atoms with Gasteiger partial charge < -0.3 is 29.2 Å². The predicted octanol–water partition coefficient (Wildman–Crippen LogP) is 0.766. The number of nitrogens with zero attached hydrogens (tertiary/aromatic N) is 4. The summed E-state index contributed by atoms with van der Waals surface area (Å²) in [5, 5.41) is 30.7. The average molecular weight is 655 g/mol. The number of aliphatic hydroxyl groups excluding tert-OH is 2. The van der Waals surface area contributed by atoms with Crippen LogP contribution in [0.1, 0.15) is 36.2 Å². The number of aliphatic hydroxyl groups is 2. The summed E-state index contributed by atoms with van der Waals surface area (Å²) in [6.07, 6.45) is 0.583. The Labute approximate surface area is 268 Å². The molecule has 6 aliphatic rings. The van der Waals surface area contributed by atoms with Gasteiger partial charge in [-0.15, -0.1) is 0 Å². The molecule has 0 aromatic heterocycles. The Morgan fingerprint density at radius 1 is 1.02 bits per heavy atom. The zero-order valence-corrected chi connectivity index (χ0v) is 27.1. The van der Waals surface area contributed by atoms with Gasteiger partial charge in [0.15, 0.2) is 0 Å². The quantitative estimate of drug-likeness (QED) is 0.251. The van der Waals surface area contributed by atoms with Crippen LogP contribution in [0.4, 0.5) is 0 Å². The first kappa shape index (κ1) is 31.3. The van der Waals surface area contributed by atoms with E-state index in [0.29, 0.717) is 5.39 Å². The molecule has 4 atom stereocenters. The number of aliphatic carboxylic acids is 1. The van der Waals surface area contributed by atoms with Crippen molar-refractivity contribution in [3.8, 4) is 0 Å². The van der Waals surface area contributed by atoms with Crippen molar-refractivity contribution in [1.29, 1.82) is 0 Å². The summed E-state index contributed by atoms with van der Waals surface area (Å²) in [5.41, 5.74) is 1.11. The fourth-order valence-electron chi connectivity index (χ4n) is 8.95. The number of hydrogen-bond acceptors (Lipinski definition) is 7. The number of fused-ring (bicyclic) bond motifs is 4. The number of β-lactam (4-membered cyclic amide) rings is 1. The van der Waals surface area contributed by atoms with Crippen LogP contribution in [0.2, 0.25) is 0 Å². The van der Waals surface area contributed by atoms with Crippen LogP contribution in [0.15, 0.2) is 46.5 Å². The van der Waals surface area contributed by atoms with E-state index in [1.54, 1.807) is 25.1 Å². The van der Waals surface area contributed by atoms with Gasteiger partial charge in [-0.05, 0) is 35.6 Å². The first-order valence-corrected chi connectivity index (χ1v) is 17.7. The maximum atomic E-state index is 14.1. The average Bonchev–Trinajstić information content (AvgIpc) is 3.28. The summed E-state index contributed by atoms with van der Waals surface area (Å²) in [7, 11) is -4.35. The van der Waals surface area contributed by atoms with Crippen molar-refractivity contribution in [3.05, 3.63) is 52.7 Å². The molecule has 0 spiro atoms. The number of carboxylic acid groups (broad SMARTS) is 1. The van der Waals surface area contributed by atoms with Crippen molar-refractivity contribution in [2.24, 2.45) is 11.8 Å². The lowest BCUT2D eigenvalue weighted by Gasteiger charge is -2.55. The highest BCUT2D eigenvalue weighted by Crippen LogP contribution is 2.48. The Hall–Kier alpha value is -3.36. The minimum atomic E-state index is -4.35. The number of carbonyl (C=O) groups excluding carboxylic acids is 2. The normalized spacial score (nSPS) is 31.8. The Morgan fingerprint density at radius 3 is 2.28 bits per heavy atom. The molecule has 12 nitrogen and oxygen atoms in total. The van der Waals surface area contributed by atoms with Gasteiger partial charge >= 0.3 is 5.97 Å². The van der Waals surface area contributed by atoms with E-state index < -0.39 is 58.3 Å². The second kappa shape index (κ2) is 10.8. The molecule has 0 radical (unpaired) electrons. The number of benzene rings is 2. The molecule has 46 heavy (non-hydrogen) atoms. The van der Waals surface area contributed by atoms with E-state index in [2.05, 4.69) is 0 Å². The van der Waals surface area contributed by atoms with Gasteiger partial charge in [-0.25, -0.2) is 17.5 Å². The van der Waals surface area contributed by atoms with E-state index in [1.165, 1.54) is 6.92 Å². The minimum Gasteiger partial charge on any atom is -0.477 e. The molecule has 6 heterocycles. The highest BCUT2D eigenvalue weighted by molar-refractivity contribution is 7.90. The first-order chi connectivity index (χ1) is 21.8. The van der Waals surface area contributed by atoms with E-state index in [1.807, 2.05) is 12.1 Å². The van der Waals surface area contributed by atoms with E-state index in [9.17, 15) is 38.1 Å². The van der Waals surface area contributed by atoms with E-state index in [0.717, 1.165) is 94.3 Å². The standard InChI is InChI=1S/C33H41N4O8S/c1-20-25(30(33(42)43)35-29(20)27(21(2)39)32(35)41)19-34-31(40)24-6-3-5-23-22(7-8-26(28(23)24)46(34,44)45)9-11-37-15-12-36(13-16-37,14-17-37)10-4-18-38/h3,5-8,20-21,27,29,38-39H,4,9-19H2,1-2H3/q+1/p+1/t20-,21+,27+,29+,36?,37?/m0/s1. The predicted molar refractivity (Wildman–Crippen MR) is 167 cm³/mol. The Morgan fingerprint density at radius 2 is 1.67 bits per heavy atom. The molecule has 3 N–H and O–H groups in total. The molecule has 0 unspecified atom stereocenters. The van der Waals surface area contributed by atoms with Crippen molar-refractivity contribution in [2.45, 2.75) is 43.7 Å². The van der Waals surface area contributed by atoms with Gasteiger partial charge in [-0.2, -0.15) is 0 Å². The summed E-state index contributed by atoms with van der Waals surface area (Å²) < 4.78 is 31.1. The summed E-state index contributed by atoms with van der Waals surface area (Å²) in [6.45, 7) is 11.5. The summed E-state index contributed by atoms with van der Waals surface area (Å²) in [6, 6.07) is 8.05. The van der Waals surface area contributed by atoms with Crippen LogP contribution >= 0.6 is 0 Å². The lowest BCUT2D eigenvalue weighted by atomic mass is 9.78. The molecule has 2 amide bonds. The van der Waals surface area contributed by atoms with E-state index >= 15 is 0 Å². The maximum Gasteiger partial charge on any atom is 0.352 e. The molecule has 13 heteroatoms. The highest BCUT2D eigenvalue weighted by Gasteiger charge is 2.60. The minimum absolute atomic E-state index is 0.0136. The van der Waals surface area contributed by atoms with Crippen LogP contribution in [0.25, 0.3) is 10.8 Å². The number of piperazine rings is 3. The van der Waals surface area contributed by atoms with E-state index in [-0.39, 0.29) is 28.3 Å². The summed E-state index contributed by atoms with van der Waals surface area (Å²) in [4.78, 5) is 40.3. The Kier molecular flexibility index (Phi) is 7.37. The zero-order valence-electron chi connectivity index (χ0n) is 26.3. The van der Waals surface area contributed by atoms with Crippen molar-refractivity contribution < 1.29 is 47.1 Å². The number of hydrogen-bond donors (Lipinski definition) is 3. The van der Waals surface area contributed by atoms with Gasteiger partial charge in [-0.3, -0.25) is 9.59 Å². The van der Waals surface area contributed by atoms with Crippen molar-refractivity contribution in [1.82, 2.24) is 9.21 Å². The van der Waals surface area contributed by atoms with Gasteiger partial charge in [0.05, 0.1) is 42.6 Å². The summed E-state index contributed by atoms with van der Waals surface area (Å²) in [5.74, 6) is -3.98. The molecule has 6 aliphatic heterocycles. The van der Waals surface area contributed by atoms with Crippen LogP contribution in [0.3, 0.4) is 0 Å². The van der Waals surface area contributed by atoms with E-state index in [4.69, 9.17) is 0 Å². The van der Waals surface area contributed by atoms with Crippen molar-refractivity contribution >= 4 is 38.6 Å². The molecule has 246 valence electrons. The van der Waals surface area contributed by atoms with Crippen LogP contribution in [0, 0.1) is 11.8 Å². The van der Waals surface area contributed by atoms with Crippen LogP contribution < -0.4 is 0 Å². The van der Waals surface area contributed by atoms with Crippen LogP contribution in [-0.2, 0) is 26.0 Å². The maximum absolute atomic E-state index is 14.1. The SMILES string of the molecule is C[C@@H](O)[C@H]1C(=O)N2C(C(=O)O)=C(CN3C(=O)c4cccc5c(CC[N+]67CC[N+](CCCO)(CC6)CC7)ccc(c45)S3(=O)=O)[C@H](C)[C@H]12. The fourth-order valence-corrected chi connectivity index (χ4v) is 10.5. The first-order valence-electron chi connectivity index (χ1n) is 16.2. The van der Waals surface area contributed by atoms with Crippen LogP contribution in [0.5, 0.6) is 0 Å². The second-order valence-electron chi connectivity index (χ2n) is 14.0. The van der Waals surface area contributed by atoms with Crippen molar-refractivity contribution in [2.75, 3.05) is 65.5 Å². The summed E-state index contributed by atoms with van der Waals surface area (Å²) >= 11 is 0. The zero-order chi connectivity index (χ0) is 32.8. The fraction of sp³-hybridized carbons (Fsp3) is 0.545. The van der Waals surface area contributed by atoms with Gasteiger partial charge in [0, 0.05) is 36.3 Å². The number of carboxylic acids is 1. The topological polar surface area (TPSA) is 153 Å². The number of rotatable bonds is 10. The Bertz CT molecular complexity index is 1780.